The van der Waals surface area contributed by atoms with Gasteiger partial charge in [-0.25, -0.2) is 0 Å². The van der Waals surface area contributed by atoms with Crippen LogP contribution in [0, 0.1) is 0 Å². The molecule has 0 atom stereocenters. The van der Waals surface area contributed by atoms with Gasteiger partial charge >= 0.3 is 0 Å². The van der Waals surface area contributed by atoms with Crippen molar-refractivity contribution in [3.8, 4) is 0 Å². The average Bonchev–Trinajstić information content (AvgIpc) is 3.28. The van der Waals surface area contributed by atoms with Crippen molar-refractivity contribution in [1.82, 2.24) is 4.90 Å². The van der Waals surface area contributed by atoms with Crippen LogP contribution < -0.4 is 10.2 Å². The minimum absolute atomic E-state index is 0.227. The monoisotopic (exact) mass is 519 g/mol. The Labute approximate surface area is 216 Å². The first kappa shape index (κ1) is 23.3. The molecule has 3 amide bonds. The molecule has 2 aliphatic heterocycles. The molecule has 9 heteroatoms. The van der Waals surface area contributed by atoms with Gasteiger partial charge in [-0.1, -0.05) is 96.2 Å². The molecule has 0 bridgehead atoms. The molecule has 1 N–H and O–H groups in total. The van der Waals surface area contributed by atoms with Crippen molar-refractivity contribution >= 4 is 74.6 Å². The van der Waals surface area contributed by atoms with Gasteiger partial charge in [0.2, 0.25) is 5.91 Å². The van der Waals surface area contributed by atoms with Crippen LogP contribution in [0.15, 0.2) is 83.8 Å². The van der Waals surface area contributed by atoms with Gasteiger partial charge in [0.25, 0.3) is 11.8 Å². The van der Waals surface area contributed by atoms with E-state index in [1.54, 1.807) is 48.5 Å². The first-order valence-electron chi connectivity index (χ1n) is 10.7. The summed E-state index contributed by atoms with van der Waals surface area (Å²) in [6.45, 7) is 0.0942. The third-order valence-electron chi connectivity index (χ3n) is 5.63. The van der Waals surface area contributed by atoms with Gasteiger partial charge in [0, 0.05) is 5.56 Å². The highest BCUT2D eigenvalue weighted by atomic mass is 35.5. The molecule has 0 spiro atoms. The summed E-state index contributed by atoms with van der Waals surface area (Å²) >= 11 is 12.7. The normalized spacial score (nSPS) is 17.2. The zero-order chi connectivity index (χ0) is 24.5. The van der Waals surface area contributed by atoms with Crippen molar-refractivity contribution in [3.05, 3.63) is 99.9 Å². The third-order valence-corrected chi connectivity index (χ3v) is 7.41. The maximum Gasteiger partial charge on any atom is 0.267 e. The van der Waals surface area contributed by atoms with Crippen LogP contribution in [0.1, 0.15) is 11.1 Å². The molecule has 0 aliphatic carbocycles. The fourth-order valence-electron chi connectivity index (χ4n) is 4.00. The molecule has 174 valence electrons. The minimum atomic E-state index is -0.416. The Morgan fingerprint density at radius 1 is 0.886 bits per heavy atom. The van der Waals surface area contributed by atoms with Gasteiger partial charge in [-0.05, 0) is 23.8 Å². The predicted octanol–water partition coefficient (Wildman–Crippen LogP) is 5.10. The van der Waals surface area contributed by atoms with E-state index in [0.717, 1.165) is 17.3 Å². The number of amides is 3. The smallest absolute Gasteiger partial charge is 0.267 e. The Balaban J connectivity index is 1.44. The Morgan fingerprint density at radius 3 is 2.34 bits per heavy atom. The largest absolute Gasteiger partial charge is 0.323 e. The van der Waals surface area contributed by atoms with Gasteiger partial charge in [-0.15, -0.1) is 0 Å². The number of para-hydroxylation sites is 2. The summed E-state index contributed by atoms with van der Waals surface area (Å²) in [4.78, 5) is 42.9. The van der Waals surface area contributed by atoms with E-state index in [1.807, 2.05) is 30.3 Å². The van der Waals surface area contributed by atoms with Crippen molar-refractivity contribution < 1.29 is 14.4 Å². The quantitative estimate of drug-likeness (QED) is 0.375. The second-order valence-corrected chi connectivity index (χ2v) is 9.94. The molecule has 0 unspecified atom stereocenters. The summed E-state index contributed by atoms with van der Waals surface area (Å²) in [6, 6.07) is 23.5. The molecule has 6 nitrogen and oxygen atoms in total. The fraction of sp³-hybridized carbons (Fsp3) is 0.0769. The third kappa shape index (κ3) is 4.48. The summed E-state index contributed by atoms with van der Waals surface area (Å²) in [5.74, 6) is -1.13. The van der Waals surface area contributed by atoms with Gasteiger partial charge in [0.15, 0.2) is 0 Å². The van der Waals surface area contributed by atoms with Crippen molar-refractivity contribution in [2.45, 2.75) is 6.54 Å². The lowest BCUT2D eigenvalue weighted by Crippen LogP contribution is -2.35. The van der Waals surface area contributed by atoms with Crippen LogP contribution in [0.2, 0.25) is 5.02 Å². The summed E-state index contributed by atoms with van der Waals surface area (Å²) < 4.78 is 0.390. The van der Waals surface area contributed by atoms with Crippen LogP contribution in [0.25, 0.3) is 5.57 Å². The lowest BCUT2D eigenvalue weighted by Gasteiger charge is -2.17. The number of anilines is 2. The number of carbonyl (C=O) groups is 3. The molecule has 2 heterocycles. The molecule has 1 saturated heterocycles. The molecular weight excluding hydrogens is 502 g/mol. The first-order valence-corrected chi connectivity index (χ1v) is 12.3. The molecule has 5 rings (SSSR count). The first-order chi connectivity index (χ1) is 16.9. The number of benzene rings is 3. The van der Waals surface area contributed by atoms with E-state index in [1.165, 1.54) is 9.80 Å². The number of carbonyl (C=O) groups excluding carboxylic acids is 3. The molecule has 2 aliphatic rings. The summed E-state index contributed by atoms with van der Waals surface area (Å²) in [7, 11) is 0. The second kappa shape index (κ2) is 9.65. The summed E-state index contributed by atoms with van der Waals surface area (Å²) in [6.07, 6.45) is 0. The number of hydrogen-bond donors (Lipinski definition) is 1. The molecule has 35 heavy (non-hydrogen) atoms. The Morgan fingerprint density at radius 2 is 1.57 bits per heavy atom. The van der Waals surface area contributed by atoms with E-state index in [4.69, 9.17) is 23.8 Å². The number of fused-ring (bicyclic) bond motifs is 1. The van der Waals surface area contributed by atoms with Crippen LogP contribution in [0.4, 0.5) is 11.4 Å². The van der Waals surface area contributed by atoms with Crippen LogP contribution >= 0.6 is 35.6 Å². The van der Waals surface area contributed by atoms with Gasteiger partial charge in [0.05, 0.1) is 33.4 Å². The van der Waals surface area contributed by atoms with Gasteiger partial charge in [-0.2, -0.15) is 0 Å². The molecule has 0 aromatic heterocycles. The fourth-order valence-corrected chi connectivity index (χ4v) is 5.51. The maximum absolute atomic E-state index is 13.6. The van der Waals surface area contributed by atoms with Crippen molar-refractivity contribution in [3.63, 3.8) is 0 Å². The topological polar surface area (TPSA) is 69.7 Å². The minimum Gasteiger partial charge on any atom is -0.323 e. The van der Waals surface area contributed by atoms with E-state index in [-0.39, 0.29) is 22.9 Å². The summed E-state index contributed by atoms with van der Waals surface area (Å²) in [5.41, 5.74) is 2.82. The lowest BCUT2D eigenvalue weighted by atomic mass is 10.1. The number of thiocarbonyl (C=S) groups is 1. The van der Waals surface area contributed by atoms with Crippen LogP contribution in [0.3, 0.4) is 0 Å². The van der Waals surface area contributed by atoms with E-state index < -0.39 is 11.8 Å². The van der Waals surface area contributed by atoms with E-state index >= 15 is 0 Å². The molecule has 0 saturated carbocycles. The highest BCUT2D eigenvalue weighted by molar-refractivity contribution is 8.26. The number of hydrogen-bond acceptors (Lipinski definition) is 5. The molecule has 0 radical (unpaired) electrons. The highest BCUT2D eigenvalue weighted by Crippen LogP contribution is 2.44. The van der Waals surface area contributed by atoms with Crippen LogP contribution in [0.5, 0.6) is 0 Å². The molecule has 1 fully saturated rings. The van der Waals surface area contributed by atoms with Crippen molar-refractivity contribution in [1.29, 1.82) is 0 Å². The van der Waals surface area contributed by atoms with Gasteiger partial charge in [0.1, 0.15) is 10.9 Å². The highest BCUT2D eigenvalue weighted by Gasteiger charge is 2.42. The lowest BCUT2D eigenvalue weighted by molar-refractivity contribution is -0.122. The Kier molecular flexibility index (Phi) is 6.42. The van der Waals surface area contributed by atoms with Crippen molar-refractivity contribution in [2.75, 3.05) is 16.8 Å². The SMILES string of the molecule is O=C(CN1C(=O)C(=C2SC(=S)N(Cc3ccccc3)C2=O)c2ccccc21)Nc1ccccc1Cl. The number of halogens is 1. The van der Waals surface area contributed by atoms with E-state index in [9.17, 15) is 14.4 Å². The predicted molar refractivity (Wildman–Crippen MR) is 143 cm³/mol. The zero-order valence-corrected chi connectivity index (χ0v) is 20.6. The van der Waals surface area contributed by atoms with Gasteiger partial charge in [-0.3, -0.25) is 24.2 Å². The van der Waals surface area contributed by atoms with Crippen molar-refractivity contribution in [2.24, 2.45) is 0 Å². The summed E-state index contributed by atoms with van der Waals surface area (Å²) in [5, 5.41) is 3.14. The van der Waals surface area contributed by atoms with Crippen LogP contribution in [-0.2, 0) is 20.9 Å². The molecule has 3 aromatic rings. The zero-order valence-electron chi connectivity index (χ0n) is 18.2. The maximum atomic E-state index is 13.6. The molecule has 3 aromatic carbocycles. The number of nitrogens with zero attached hydrogens (tertiary/aromatic N) is 2. The Hall–Kier alpha value is -3.46. The number of thioether (sulfide) groups is 1. The number of rotatable bonds is 5. The number of nitrogens with one attached hydrogen (secondary N) is 1. The Bertz CT molecular complexity index is 1410. The van der Waals surface area contributed by atoms with Gasteiger partial charge < -0.3 is 5.32 Å². The van der Waals surface area contributed by atoms with E-state index in [0.29, 0.717) is 32.8 Å². The molecular formula is C26H18ClN3O3S2. The van der Waals surface area contributed by atoms with E-state index in [2.05, 4.69) is 5.32 Å². The van der Waals surface area contributed by atoms with Crippen LogP contribution in [-0.4, -0.2) is 33.5 Å². The average molecular weight is 520 g/mol. The second-order valence-electron chi connectivity index (χ2n) is 7.89. The standard InChI is InChI=1S/C26H18ClN3O3S2/c27-18-11-5-6-12-19(18)28-21(31)15-29-20-13-7-4-10-17(20)22(24(29)32)23-25(33)30(26(34)35-23)14-16-8-2-1-3-9-16/h1-13H,14-15H2,(H,28,31).